The van der Waals surface area contributed by atoms with Crippen LogP contribution in [0.1, 0.15) is 47.4 Å². The van der Waals surface area contributed by atoms with Gasteiger partial charge >= 0.3 is 0 Å². The van der Waals surface area contributed by atoms with Crippen LogP contribution in [0.5, 0.6) is 0 Å². The first-order chi connectivity index (χ1) is 11.6. The van der Waals surface area contributed by atoms with E-state index in [1.165, 1.54) is 4.90 Å². The van der Waals surface area contributed by atoms with E-state index in [0.29, 0.717) is 23.7 Å². The van der Waals surface area contributed by atoms with Crippen LogP contribution < -0.4 is 0 Å². The summed E-state index contributed by atoms with van der Waals surface area (Å²) in [6.45, 7) is 10.6. The van der Waals surface area contributed by atoms with Crippen LogP contribution in [-0.2, 0) is 0 Å². The number of fused-ring (bicyclic) bond motifs is 1. The molecular weight excluding hydrogens is 302 g/mol. The molecule has 2 heterocycles. The molecule has 0 aromatic heterocycles. The predicted octanol–water partition coefficient (Wildman–Crippen LogP) is 2.09. The van der Waals surface area contributed by atoms with E-state index in [2.05, 4.69) is 23.6 Å². The van der Waals surface area contributed by atoms with Crippen LogP contribution in [0.2, 0.25) is 0 Å². The molecule has 2 aliphatic heterocycles. The molecule has 1 saturated heterocycles. The average Bonchev–Trinajstić information content (AvgIpc) is 2.84. The Bertz CT molecular complexity index is 571. The standard InChI is InChI=1S/C19H27N3O2/c1-15(2)21-13-11-20(12-14-21)9-5-6-10-22-18(23)16-7-3-4-8-17(16)19(22)24/h3-4,7-8,15H,5-6,9-14H2,1-2H3. The maximum atomic E-state index is 12.3. The molecular formula is C19H27N3O2. The van der Waals surface area contributed by atoms with Crippen molar-refractivity contribution in [2.75, 3.05) is 39.3 Å². The highest BCUT2D eigenvalue weighted by Crippen LogP contribution is 2.22. The van der Waals surface area contributed by atoms with E-state index in [1.54, 1.807) is 12.1 Å². The van der Waals surface area contributed by atoms with Crippen molar-refractivity contribution in [1.29, 1.82) is 0 Å². The van der Waals surface area contributed by atoms with Crippen LogP contribution in [0, 0.1) is 0 Å². The summed E-state index contributed by atoms with van der Waals surface area (Å²) in [6, 6.07) is 7.73. The van der Waals surface area contributed by atoms with E-state index in [0.717, 1.165) is 45.6 Å². The zero-order valence-corrected chi connectivity index (χ0v) is 14.7. The molecule has 24 heavy (non-hydrogen) atoms. The van der Waals surface area contributed by atoms with Gasteiger partial charge in [-0.2, -0.15) is 0 Å². The van der Waals surface area contributed by atoms with Crippen molar-refractivity contribution in [3.63, 3.8) is 0 Å². The summed E-state index contributed by atoms with van der Waals surface area (Å²) < 4.78 is 0. The number of carbonyl (C=O) groups excluding carboxylic acids is 2. The minimum atomic E-state index is -0.138. The zero-order chi connectivity index (χ0) is 17.1. The first kappa shape index (κ1) is 17.1. The molecule has 0 spiro atoms. The molecule has 3 rings (SSSR count). The van der Waals surface area contributed by atoms with E-state index >= 15 is 0 Å². The van der Waals surface area contributed by atoms with Crippen LogP contribution in [0.15, 0.2) is 24.3 Å². The van der Waals surface area contributed by atoms with Gasteiger partial charge in [0, 0.05) is 38.8 Å². The van der Waals surface area contributed by atoms with Gasteiger partial charge in [-0.05, 0) is 45.4 Å². The SMILES string of the molecule is CC(C)N1CCN(CCCCN2C(=O)c3ccccc3C2=O)CC1. The predicted molar refractivity (Wildman–Crippen MR) is 94.2 cm³/mol. The smallest absolute Gasteiger partial charge is 0.261 e. The molecule has 2 amide bonds. The molecule has 5 heteroatoms. The van der Waals surface area contributed by atoms with Gasteiger partial charge in [0.1, 0.15) is 0 Å². The summed E-state index contributed by atoms with van der Waals surface area (Å²) in [5.74, 6) is -0.276. The van der Waals surface area contributed by atoms with Crippen LogP contribution in [-0.4, -0.2) is 71.8 Å². The second-order valence-electron chi connectivity index (χ2n) is 6.99. The third-order valence-corrected chi connectivity index (χ3v) is 5.12. The van der Waals surface area contributed by atoms with E-state index in [-0.39, 0.29) is 11.8 Å². The van der Waals surface area contributed by atoms with Gasteiger partial charge in [-0.15, -0.1) is 0 Å². The monoisotopic (exact) mass is 329 g/mol. The largest absolute Gasteiger partial charge is 0.301 e. The number of hydrogen-bond donors (Lipinski definition) is 0. The maximum absolute atomic E-state index is 12.3. The van der Waals surface area contributed by atoms with Crippen molar-refractivity contribution in [3.05, 3.63) is 35.4 Å². The van der Waals surface area contributed by atoms with Crippen molar-refractivity contribution in [3.8, 4) is 0 Å². The normalized spacial score (nSPS) is 19.4. The Morgan fingerprint density at radius 2 is 1.42 bits per heavy atom. The number of amides is 2. The van der Waals surface area contributed by atoms with Crippen LogP contribution in [0.3, 0.4) is 0 Å². The summed E-state index contributed by atoms with van der Waals surface area (Å²) in [4.78, 5) is 31.0. The molecule has 1 aromatic carbocycles. The number of hydrogen-bond acceptors (Lipinski definition) is 4. The van der Waals surface area contributed by atoms with Crippen LogP contribution >= 0.6 is 0 Å². The van der Waals surface area contributed by atoms with Gasteiger partial charge < -0.3 is 4.90 Å². The van der Waals surface area contributed by atoms with Gasteiger partial charge in [-0.1, -0.05) is 12.1 Å². The van der Waals surface area contributed by atoms with E-state index in [9.17, 15) is 9.59 Å². The zero-order valence-electron chi connectivity index (χ0n) is 14.7. The molecule has 0 unspecified atom stereocenters. The minimum absolute atomic E-state index is 0.138. The van der Waals surface area contributed by atoms with E-state index in [4.69, 9.17) is 0 Å². The lowest BCUT2D eigenvalue weighted by Gasteiger charge is -2.37. The lowest BCUT2D eigenvalue weighted by atomic mass is 10.1. The number of unbranched alkanes of at least 4 members (excludes halogenated alkanes) is 1. The second-order valence-corrected chi connectivity index (χ2v) is 6.99. The van der Waals surface area contributed by atoms with Crippen molar-refractivity contribution in [2.45, 2.75) is 32.7 Å². The lowest BCUT2D eigenvalue weighted by molar-refractivity contribution is 0.0647. The summed E-state index contributed by atoms with van der Waals surface area (Å²) in [6.07, 6.45) is 1.89. The molecule has 1 fully saturated rings. The van der Waals surface area contributed by atoms with E-state index < -0.39 is 0 Å². The molecule has 0 atom stereocenters. The Morgan fingerprint density at radius 3 is 1.96 bits per heavy atom. The molecule has 1 aromatic rings. The Morgan fingerprint density at radius 1 is 0.875 bits per heavy atom. The van der Waals surface area contributed by atoms with Crippen LogP contribution in [0.25, 0.3) is 0 Å². The number of rotatable bonds is 6. The highest BCUT2D eigenvalue weighted by atomic mass is 16.2. The molecule has 2 aliphatic rings. The number of imide groups is 1. The van der Waals surface area contributed by atoms with Gasteiger partial charge in [-0.3, -0.25) is 19.4 Å². The molecule has 0 N–H and O–H groups in total. The van der Waals surface area contributed by atoms with Crippen molar-refractivity contribution in [1.82, 2.24) is 14.7 Å². The lowest BCUT2D eigenvalue weighted by Crippen LogP contribution is -2.49. The third-order valence-electron chi connectivity index (χ3n) is 5.12. The number of benzene rings is 1. The van der Waals surface area contributed by atoms with Gasteiger partial charge in [0.15, 0.2) is 0 Å². The maximum Gasteiger partial charge on any atom is 0.261 e. The third kappa shape index (κ3) is 3.52. The second kappa shape index (κ2) is 7.45. The fourth-order valence-corrected chi connectivity index (χ4v) is 3.55. The highest BCUT2D eigenvalue weighted by molar-refractivity contribution is 6.21. The first-order valence-electron chi connectivity index (χ1n) is 8.99. The Labute approximate surface area is 144 Å². The Balaban J connectivity index is 1.41. The molecule has 0 radical (unpaired) electrons. The molecule has 130 valence electrons. The molecule has 5 nitrogen and oxygen atoms in total. The number of carbonyl (C=O) groups is 2. The molecule has 0 aliphatic carbocycles. The summed E-state index contributed by atoms with van der Waals surface area (Å²) in [7, 11) is 0. The van der Waals surface area contributed by atoms with Gasteiger partial charge in [-0.25, -0.2) is 0 Å². The van der Waals surface area contributed by atoms with Crippen molar-refractivity contribution < 1.29 is 9.59 Å². The highest BCUT2D eigenvalue weighted by Gasteiger charge is 2.34. The summed E-state index contributed by atoms with van der Waals surface area (Å²) in [5.41, 5.74) is 1.10. The first-order valence-corrected chi connectivity index (χ1v) is 8.99. The fraction of sp³-hybridized carbons (Fsp3) is 0.579. The van der Waals surface area contributed by atoms with Crippen molar-refractivity contribution in [2.24, 2.45) is 0 Å². The van der Waals surface area contributed by atoms with Crippen molar-refractivity contribution >= 4 is 11.8 Å². The van der Waals surface area contributed by atoms with Gasteiger partial charge in [0.25, 0.3) is 11.8 Å². The van der Waals surface area contributed by atoms with Gasteiger partial charge in [0.2, 0.25) is 0 Å². The number of nitrogens with zero attached hydrogens (tertiary/aromatic N) is 3. The Hall–Kier alpha value is -1.72. The average molecular weight is 329 g/mol. The molecule has 0 bridgehead atoms. The Kier molecular flexibility index (Phi) is 5.31. The van der Waals surface area contributed by atoms with Crippen LogP contribution in [0.4, 0.5) is 0 Å². The quantitative estimate of drug-likeness (QED) is 0.592. The fourth-order valence-electron chi connectivity index (χ4n) is 3.55. The summed E-state index contributed by atoms with van der Waals surface area (Å²) >= 11 is 0. The van der Waals surface area contributed by atoms with E-state index in [1.807, 2.05) is 12.1 Å². The van der Waals surface area contributed by atoms with Gasteiger partial charge in [0.05, 0.1) is 11.1 Å². The molecule has 0 saturated carbocycles. The minimum Gasteiger partial charge on any atom is -0.301 e. The summed E-state index contributed by atoms with van der Waals surface area (Å²) in [5, 5.41) is 0. The topological polar surface area (TPSA) is 43.9 Å². The number of piperazine rings is 1.